The Morgan fingerprint density at radius 3 is 2.18 bits per heavy atom. The van der Waals surface area contributed by atoms with Gasteiger partial charge in [0.2, 0.25) is 11.8 Å². The van der Waals surface area contributed by atoms with E-state index in [-0.39, 0.29) is 12.5 Å². The second-order valence-corrected chi connectivity index (χ2v) is 4.54. The molecule has 0 fully saturated rings. The molecule has 3 amide bonds. The van der Waals surface area contributed by atoms with Crippen LogP contribution in [-0.2, 0) is 14.3 Å². The Bertz CT molecular complexity index is 309. The highest BCUT2D eigenvalue weighted by Crippen LogP contribution is 2.06. The first-order chi connectivity index (χ1) is 7.61. The number of ether oxygens (including phenoxy) is 1. The summed E-state index contributed by atoms with van der Waals surface area (Å²) in [6, 6.07) is -0.992. The van der Waals surface area contributed by atoms with Crippen LogP contribution >= 0.6 is 0 Å². The summed E-state index contributed by atoms with van der Waals surface area (Å²) in [4.78, 5) is 33.1. The van der Waals surface area contributed by atoms with E-state index in [9.17, 15) is 14.4 Å². The Labute approximate surface area is 100 Å². The molecule has 0 aromatic heterocycles. The highest BCUT2D eigenvalue weighted by atomic mass is 16.6. The molecule has 0 aliphatic rings. The minimum atomic E-state index is -0.992. The van der Waals surface area contributed by atoms with Crippen LogP contribution in [0.1, 0.15) is 27.7 Å². The second-order valence-electron chi connectivity index (χ2n) is 4.54. The predicted molar refractivity (Wildman–Crippen MR) is 61.0 cm³/mol. The van der Waals surface area contributed by atoms with Gasteiger partial charge in [-0.25, -0.2) is 4.79 Å². The first kappa shape index (κ1) is 15.2. The van der Waals surface area contributed by atoms with Crippen molar-refractivity contribution in [2.75, 3.05) is 6.54 Å². The van der Waals surface area contributed by atoms with Crippen LogP contribution in [0.2, 0.25) is 0 Å². The average molecular weight is 245 g/mol. The Morgan fingerprint density at radius 2 is 1.82 bits per heavy atom. The van der Waals surface area contributed by atoms with Crippen LogP contribution in [0.25, 0.3) is 0 Å². The van der Waals surface area contributed by atoms with Crippen LogP contribution in [-0.4, -0.2) is 36.1 Å². The molecular formula is C10H19N3O4. The summed E-state index contributed by atoms with van der Waals surface area (Å²) in [5, 5.41) is 4.66. The molecule has 0 aliphatic heterocycles. The van der Waals surface area contributed by atoms with E-state index in [1.807, 2.05) is 0 Å². The summed E-state index contributed by atoms with van der Waals surface area (Å²) in [6.45, 7) is 6.31. The minimum absolute atomic E-state index is 0.0656. The summed E-state index contributed by atoms with van der Waals surface area (Å²) in [7, 11) is 0. The zero-order valence-corrected chi connectivity index (χ0v) is 10.5. The topological polar surface area (TPSA) is 111 Å². The summed E-state index contributed by atoms with van der Waals surface area (Å²) >= 11 is 0. The van der Waals surface area contributed by atoms with Gasteiger partial charge in [-0.05, 0) is 20.8 Å². The smallest absolute Gasteiger partial charge is 0.408 e. The molecule has 0 aliphatic carbocycles. The van der Waals surface area contributed by atoms with Crippen LogP contribution in [0.4, 0.5) is 4.79 Å². The van der Waals surface area contributed by atoms with E-state index in [2.05, 4.69) is 10.6 Å². The fraction of sp³-hybridized carbons (Fsp3) is 0.700. The largest absolute Gasteiger partial charge is 0.444 e. The number of alkyl carbamates (subject to hydrolysis) is 1. The van der Waals surface area contributed by atoms with Crippen LogP contribution in [0.3, 0.4) is 0 Å². The van der Waals surface area contributed by atoms with E-state index >= 15 is 0 Å². The van der Waals surface area contributed by atoms with Crippen molar-refractivity contribution >= 4 is 17.9 Å². The number of nitrogens with one attached hydrogen (secondary N) is 2. The van der Waals surface area contributed by atoms with Gasteiger partial charge in [-0.1, -0.05) is 0 Å². The van der Waals surface area contributed by atoms with E-state index < -0.39 is 23.6 Å². The number of carbonyl (C=O) groups is 3. The lowest BCUT2D eigenvalue weighted by Gasteiger charge is -2.22. The number of hydrogen-bond donors (Lipinski definition) is 3. The third kappa shape index (κ3) is 8.06. The Hall–Kier alpha value is -1.79. The summed E-state index contributed by atoms with van der Waals surface area (Å²) < 4.78 is 4.95. The van der Waals surface area contributed by atoms with Gasteiger partial charge in [-0.3, -0.25) is 9.59 Å². The van der Waals surface area contributed by atoms with Crippen LogP contribution in [0.15, 0.2) is 0 Å². The van der Waals surface area contributed by atoms with Crippen molar-refractivity contribution in [1.82, 2.24) is 10.6 Å². The lowest BCUT2D eigenvalue weighted by Crippen LogP contribution is -2.51. The van der Waals surface area contributed by atoms with Gasteiger partial charge in [0.15, 0.2) is 0 Å². The number of rotatable bonds is 4. The van der Waals surface area contributed by atoms with Crippen LogP contribution < -0.4 is 16.4 Å². The van der Waals surface area contributed by atoms with Crippen molar-refractivity contribution in [3.63, 3.8) is 0 Å². The van der Waals surface area contributed by atoms with Gasteiger partial charge in [0.25, 0.3) is 0 Å². The highest BCUT2D eigenvalue weighted by molar-refractivity contribution is 5.85. The van der Waals surface area contributed by atoms with Crippen LogP contribution in [0, 0.1) is 0 Å². The molecule has 0 aromatic rings. The number of primary amides is 1. The Morgan fingerprint density at radius 1 is 1.29 bits per heavy atom. The molecule has 0 saturated carbocycles. The molecule has 0 bridgehead atoms. The van der Waals surface area contributed by atoms with Crippen molar-refractivity contribution in [3.8, 4) is 0 Å². The third-order valence-electron chi connectivity index (χ3n) is 1.59. The normalized spacial score (nSPS) is 12.5. The number of hydrogen-bond acceptors (Lipinski definition) is 4. The van der Waals surface area contributed by atoms with E-state index in [0.29, 0.717) is 0 Å². The van der Waals surface area contributed by atoms with Gasteiger partial charge in [0.05, 0.1) is 0 Å². The van der Waals surface area contributed by atoms with Gasteiger partial charge in [0.1, 0.15) is 11.6 Å². The summed E-state index contributed by atoms with van der Waals surface area (Å²) in [5.41, 5.74) is 4.41. The zero-order valence-electron chi connectivity index (χ0n) is 10.5. The van der Waals surface area contributed by atoms with E-state index in [0.717, 1.165) is 0 Å². The maximum Gasteiger partial charge on any atom is 0.408 e. The number of amides is 3. The molecule has 1 unspecified atom stereocenters. The van der Waals surface area contributed by atoms with Gasteiger partial charge >= 0.3 is 6.09 Å². The van der Waals surface area contributed by atoms with Gasteiger partial charge < -0.3 is 21.1 Å². The Balaban J connectivity index is 4.30. The molecule has 7 heteroatoms. The molecule has 7 nitrogen and oxygen atoms in total. The van der Waals surface area contributed by atoms with E-state index in [1.54, 1.807) is 20.8 Å². The zero-order chi connectivity index (χ0) is 13.6. The molecule has 98 valence electrons. The fourth-order valence-electron chi connectivity index (χ4n) is 0.918. The van der Waals surface area contributed by atoms with Gasteiger partial charge in [-0.2, -0.15) is 0 Å². The number of carbonyl (C=O) groups excluding carboxylic acids is 3. The van der Waals surface area contributed by atoms with Gasteiger partial charge in [-0.15, -0.1) is 0 Å². The molecule has 0 aromatic carbocycles. The molecule has 0 rings (SSSR count). The fourth-order valence-corrected chi connectivity index (χ4v) is 0.918. The molecular weight excluding hydrogens is 226 g/mol. The Kier molecular flexibility index (Phi) is 5.43. The highest BCUT2D eigenvalue weighted by Gasteiger charge is 2.22. The monoisotopic (exact) mass is 245 g/mol. The standard InChI is InChI=1S/C10H19N3O4/c1-6(14)12-5-7(8(11)15)13-9(16)17-10(2,3)4/h7H,5H2,1-4H3,(H2,11,15)(H,12,14)(H,13,16). The maximum atomic E-state index is 11.4. The van der Waals surface area contributed by atoms with Crippen molar-refractivity contribution < 1.29 is 19.1 Å². The molecule has 4 N–H and O–H groups in total. The first-order valence-corrected chi connectivity index (χ1v) is 5.15. The van der Waals surface area contributed by atoms with E-state index in [4.69, 9.17) is 10.5 Å². The lowest BCUT2D eigenvalue weighted by atomic mass is 10.2. The van der Waals surface area contributed by atoms with Crippen molar-refractivity contribution in [2.24, 2.45) is 5.73 Å². The second kappa shape index (κ2) is 6.07. The van der Waals surface area contributed by atoms with Gasteiger partial charge in [0, 0.05) is 13.5 Å². The van der Waals surface area contributed by atoms with Crippen molar-refractivity contribution in [3.05, 3.63) is 0 Å². The van der Waals surface area contributed by atoms with Crippen LogP contribution in [0.5, 0.6) is 0 Å². The minimum Gasteiger partial charge on any atom is -0.444 e. The van der Waals surface area contributed by atoms with E-state index in [1.165, 1.54) is 6.92 Å². The molecule has 17 heavy (non-hydrogen) atoms. The van der Waals surface area contributed by atoms with Crippen molar-refractivity contribution in [1.29, 1.82) is 0 Å². The average Bonchev–Trinajstić information content (AvgIpc) is 2.08. The summed E-state index contributed by atoms with van der Waals surface area (Å²) in [6.07, 6.45) is -0.758. The molecule has 0 saturated heterocycles. The predicted octanol–water partition coefficient (Wildman–Crippen LogP) is -0.499. The number of nitrogens with two attached hydrogens (primary N) is 1. The quantitative estimate of drug-likeness (QED) is 0.620. The van der Waals surface area contributed by atoms with Crippen molar-refractivity contribution in [2.45, 2.75) is 39.3 Å². The first-order valence-electron chi connectivity index (χ1n) is 5.15. The third-order valence-corrected chi connectivity index (χ3v) is 1.59. The molecule has 0 spiro atoms. The molecule has 1 atom stereocenters. The molecule has 0 radical (unpaired) electrons. The SMILES string of the molecule is CC(=O)NCC(NC(=O)OC(C)(C)C)C(N)=O. The summed E-state index contributed by atoms with van der Waals surface area (Å²) in [5.74, 6) is -1.06. The lowest BCUT2D eigenvalue weighted by molar-refractivity contribution is -0.121. The maximum absolute atomic E-state index is 11.4. The molecule has 0 heterocycles.